The van der Waals surface area contributed by atoms with Crippen LogP contribution in [0.15, 0.2) is 47.4 Å². The van der Waals surface area contributed by atoms with Crippen molar-refractivity contribution in [2.24, 2.45) is 0 Å². The molecule has 1 saturated heterocycles. The third-order valence-corrected chi connectivity index (χ3v) is 6.02. The van der Waals surface area contributed by atoms with Gasteiger partial charge in [-0.05, 0) is 68.3 Å². The zero-order chi connectivity index (χ0) is 24.7. The number of rotatable bonds is 10. The predicted octanol–water partition coefficient (Wildman–Crippen LogP) is 5.35. The van der Waals surface area contributed by atoms with E-state index in [1.807, 2.05) is 39.0 Å². The zero-order valence-corrected chi connectivity index (χ0v) is 20.6. The second-order valence-electron chi connectivity index (χ2n) is 7.89. The van der Waals surface area contributed by atoms with Crippen LogP contribution >= 0.6 is 11.8 Å². The number of thioether (sulfide) groups is 1. The molecule has 8 heteroatoms. The summed E-state index contributed by atoms with van der Waals surface area (Å²) in [4.78, 5) is 38.2. The van der Waals surface area contributed by atoms with Crippen LogP contribution in [0.25, 0.3) is 6.08 Å². The van der Waals surface area contributed by atoms with Crippen molar-refractivity contribution in [1.29, 1.82) is 0 Å². The van der Waals surface area contributed by atoms with E-state index in [1.165, 1.54) is 0 Å². The van der Waals surface area contributed by atoms with Crippen LogP contribution in [0.5, 0.6) is 11.5 Å². The van der Waals surface area contributed by atoms with Gasteiger partial charge in [0.25, 0.3) is 11.1 Å². The van der Waals surface area contributed by atoms with E-state index in [-0.39, 0.29) is 11.0 Å². The Morgan fingerprint density at radius 1 is 1.09 bits per heavy atom. The number of amides is 2. The van der Waals surface area contributed by atoms with Crippen LogP contribution in [-0.4, -0.2) is 41.3 Å². The number of aryl methyl sites for hydroxylation is 1. The van der Waals surface area contributed by atoms with E-state index in [9.17, 15) is 14.4 Å². The highest BCUT2D eigenvalue weighted by Crippen LogP contribution is 2.35. The number of benzene rings is 2. The molecule has 2 amide bonds. The van der Waals surface area contributed by atoms with E-state index in [0.717, 1.165) is 27.8 Å². The van der Waals surface area contributed by atoms with E-state index >= 15 is 0 Å². The number of hydrogen-bond acceptors (Lipinski definition) is 7. The first kappa shape index (κ1) is 25.4. The molecule has 0 aromatic heterocycles. The van der Waals surface area contributed by atoms with Crippen LogP contribution in [0.1, 0.15) is 43.9 Å². The topological polar surface area (TPSA) is 82.1 Å². The number of carbonyl (C=O) groups excluding carboxylic acids is 3. The molecule has 2 aromatic carbocycles. The van der Waals surface area contributed by atoms with E-state index in [4.69, 9.17) is 14.2 Å². The number of ether oxygens (including phenoxy) is 3. The molecule has 0 saturated carbocycles. The van der Waals surface area contributed by atoms with Gasteiger partial charge in [-0.2, -0.15) is 0 Å². The lowest BCUT2D eigenvalue weighted by Crippen LogP contribution is -2.35. The molecular formula is C26H29NO6S. The summed E-state index contributed by atoms with van der Waals surface area (Å²) in [7, 11) is 0. The highest BCUT2D eigenvalue weighted by molar-refractivity contribution is 8.18. The van der Waals surface area contributed by atoms with Crippen molar-refractivity contribution in [2.45, 2.75) is 46.8 Å². The summed E-state index contributed by atoms with van der Waals surface area (Å²) in [6.07, 6.45) is 1.99. The summed E-state index contributed by atoms with van der Waals surface area (Å²) < 4.78 is 16.9. The van der Waals surface area contributed by atoms with Gasteiger partial charge in [-0.25, -0.2) is 0 Å². The van der Waals surface area contributed by atoms with Crippen LogP contribution in [0, 0.1) is 6.92 Å². The second kappa shape index (κ2) is 11.7. The van der Waals surface area contributed by atoms with Gasteiger partial charge in [-0.1, -0.05) is 42.8 Å². The summed E-state index contributed by atoms with van der Waals surface area (Å²) in [6, 6.07) is 13.4. The standard InChI is InChI=1S/C26H29NO6S/c1-5-18(4)33-24(28)15-27-25(29)23(34-26(27)30)14-19-10-11-21(22(13-19)31-6-2)32-16-20-9-7-8-17(3)12-20/h7-14,18H,5-6,15-16H2,1-4H3/b23-14-/t18-/m0/s1. The lowest BCUT2D eigenvalue weighted by atomic mass is 10.1. The molecule has 2 aromatic rings. The summed E-state index contributed by atoms with van der Waals surface area (Å²) in [6.45, 7) is 7.99. The first-order valence-electron chi connectivity index (χ1n) is 11.2. The fraction of sp³-hybridized carbons (Fsp3) is 0.346. The number of nitrogens with zero attached hydrogens (tertiary/aromatic N) is 1. The van der Waals surface area contributed by atoms with Gasteiger partial charge in [-0.15, -0.1) is 0 Å². The monoisotopic (exact) mass is 483 g/mol. The highest BCUT2D eigenvalue weighted by atomic mass is 32.2. The minimum Gasteiger partial charge on any atom is -0.490 e. The number of hydrogen-bond donors (Lipinski definition) is 0. The summed E-state index contributed by atoms with van der Waals surface area (Å²) in [5, 5.41) is -0.500. The molecule has 1 heterocycles. The van der Waals surface area contributed by atoms with Crippen molar-refractivity contribution in [3.63, 3.8) is 0 Å². The molecule has 1 fully saturated rings. The Labute approximate surface area is 204 Å². The summed E-state index contributed by atoms with van der Waals surface area (Å²) >= 11 is 0.794. The average Bonchev–Trinajstić information content (AvgIpc) is 3.06. The smallest absolute Gasteiger partial charge is 0.326 e. The molecule has 3 rings (SSSR count). The average molecular weight is 484 g/mol. The molecule has 1 atom stereocenters. The maximum atomic E-state index is 12.7. The maximum absolute atomic E-state index is 12.7. The minimum absolute atomic E-state index is 0.234. The van der Waals surface area contributed by atoms with Crippen molar-refractivity contribution < 1.29 is 28.6 Å². The molecule has 0 spiro atoms. The molecule has 7 nitrogen and oxygen atoms in total. The first-order chi connectivity index (χ1) is 16.3. The van der Waals surface area contributed by atoms with Crippen LogP contribution < -0.4 is 9.47 Å². The van der Waals surface area contributed by atoms with Crippen LogP contribution in [0.3, 0.4) is 0 Å². The van der Waals surface area contributed by atoms with Gasteiger partial charge in [0.2, 0.25) is 0 Å². The summed E-state index contributed by atoms with van der Waals surface area (Å²) in [5.74, 6) is 0.00198. The second-order valence-corrected chi connectivity index (χ2v) is 8.89. The molecule has 0 bridgehead atoms. The van der Waals surface area contributed by atoms with Gasteiger partial charge in [0, 0.05) is 0 Å². The van der Waals surface area contributed by atoms with Gasteiger partial charge in [0.05, 0.1) is 17.6 Å². The Bertz CT molecular complexity index is 1100. The van der Waals surface area contributed by atoms with E-state index < -0.39 is 23.7 Å². The van der Waals surface area contributed by atoms with Crippen molar-refractivity contribution in [3.05, 3.63) is 64.1 Å². The molecule has 1 aliphatic heterocycles. The van der Waals surface area contributed by atoms with Crippen LogP contribution in [-0.2, 0) is 20.9 Å². The molecule has 34 heavy (non-hydrogen) atoms. The Morgan fingerprint density at radius 3 is 2.59 bits per heavy atom. The quantitative estimate of drug-likeness (QED) is 0.333. The highest BCUT2D eigenvalue weighted by Gasteiger charge is 2.36. The predicted molar refractivity (Wildman–Crippen MR) is 132 cm³/mol. The SMILES string of the molecule is CCOc1cc(/C=C2\SC(=O)N(CC(=O)O[C@@H](C)CC)C2=O)ccc1OCc1cccc(C)c1. The molecular weight excluding hydrogens is 454 g/mol. The van der Waals surface area contributed by atoms with Gasteiger partial charge in [-0.3, -0.25) is 19.3 Å². The molecule has 0 radical (unpaired) electrons. The number of imide groups is 1. The Hall–Kier alpha value is -3.26. The van der Waals surface area contributed by atoms with Gasteiger partial charge in [0.15, 0.2) is 11.5 Å². The number of carbonyl (C=O) groups is 3. The Balaban J connectivity index is 1.73. The maximum Gasteiger partial charge on any atom is 0.326 e. The lowest BCUT2D eigenvalue weighted by Gasteiger charge is -2.15. The Morgan fingerprint density at radius 2 is 1.88 bits per heavy atom. The van der Waals surface area contributed by atoms with Crippen LogP contribution in [0.4, 0.5) is 4.79 Å². The fourth-order valence-electron chi connectivity index (χ4n) is 3.23. The van der Waals surface area contributed by atoms with Crippen LogP contribution in [0.2, 0.25) is 0 Å². The third kappa shape index (κ3) is 6.63. The van der Waals surface area contributed by atoms with Gasteiger partial charge in [0.1, 0.15) is 13.2 Å². The van der Waals surface area contributed by atoms with E-state index in [2.05, 4.69) is 6.07 Å². The number of esters is 1. The van der Waals surface area contributed by atoms with Gasteiger partial charge < -0.3 is 14.2 Å². The minimum atomic E-state index is -0.605. The van der Waals surface area contributed by atoms with Crippen molar-refractivity contribution in [2.75, 3.05) is 13.2 Å². The van der Waals surface area contributed by atoms with Crippen molar-refractivity contribution >= 4 is 35.0 Å². The molecule has 180 valence electrons. The molecule has 1 aliphatic rings. The molecule has 0 aliphatic carbocycles. The third-order valence-electron chi connectivity index (χ3n) is 5.11. The zero-order valence-electron chi connectivity index (χ0n) is 19.8. The first-order valence-corrected chi connectivity index (χ1v) is 12.0. The largest absolute Gasteiger partial charge is 0.490 e. The molecule has 0 N–H and O–H groups in total. The van der Waals surface area contributed by atoms with Crippen molar-refractivity contribution in [1.82, 2.24) is 4.90 Å². The van der Waals surface area contributed by atoms with E-state index in [1.54, 1.807) is 31.2 Å². The van der Waals surface area contributed by atoms with Gasteiger partial charge >= 0.3 is 5.97 Å². The van der Waals surface area contributed by atoms with Crippen molar-refractivity contribution in [3.8, 4) is 11.5 Å². The molecule has 0 unspecified atom stereocenters. The van der Waals surface area contributed by atoms with E-state index in [0.29, 0.717) is 36.7 Å². The fourth-order valence-corrected chi connectivity index (χ4v) is 4.07. The lowest BCUT2D eigenvalue weighted by molar-refractivity contribution is -0.150. The Kier molecular flexibility index (Phi) is 8.76. The summed E-state index contributed by atoms with van der Waals surface area (Å²) in [5.41, 5.74) is 2.88. The normalized spacial score (nSPS) is 15.5.